The number of carbonyl (C=O) groups excluding carboxylic acids is 1. The van der Waals surface area contributed by atoms with Crippen LogP contribution >= 0.6 is 15.9 Å². The summed E-state index contributed by atoms with van der Waals surface area (Å²) in [5.74, 6) is 0.122. The Morgan fingerprint density at radius 1 is 1.50 bits per heavy atom. The van der Waals surface area contributed by atoms with Crippen molar-refractivity contribution in [3.05, 3.63) is 27.7 Å². The van der Waals surface area contributed by atoms with Gasteiger partial charge in [-0.3, -0.25) is 4.79 Å². The lowest BCUT2D eigenvalue weighted by molar-refractivity contribution is -0.139. The Kier molecular flexibility index (Phi) is 4.32. The number of esters is 1. The van der Waals surface area contributed by atoms with E-state index in [9.17, 15) is 4.79 Å². The zero-order valence-corrected chi connectivity index (χ0v) is 10.5. The van der Waals surface area contributed by atoms with Crippen LogP contribution in [-0.2, 0) is 16.0 Å². The van der Waals surface area contributed by atoms with Crippen LogP contribution in [0.15, 0.2) is 16.6 Å². The van der Waals surface area contributed by atoms with Crippen molar-refractivity contribution in [1.82, 2.24) is 0 Å². The summed E-state index contributed by atoms with van der Waals surface area (Å²) in [7, 11) is 2.81. The quantitative estimate of drug-likeness (QED) is 0.797. The normalized spacial score (nSPS) is 9.38. The lowest BCUT2D eigenvalue weighted by Crippen LogP contribution is -2.05. The van der Waals surface area contributed by atoms with Crippen molar-refractivity contribution in [3.63, 3.8) is 0 Å². The van der Waals surface area contributed by atoms with Gasteiger partial charge in [0, 0.05) is 0 Å². The van der Waals surface area contributed by atoms with Crippen molar-refractivity contribution in [2.75, 3.05) is 14.2 Å². The minimum atomic E-state index is -0.346. The van der Waals surface area contributed by atoms with Gasteiger partial charge in [-0.1, -0.05) is 0 Å². The predicted octanol–water partition coefficient (Wildman–Crippen LogP) is 2.04. The highest BCUT2D eigenvalue weighted by molar-refractivity contribution is 9.10. The van der Waals surface area contributed by atoms with Gasteiger partial charge in [-0.15, -0.1) is 0 Å². The lowest BCUT2D eigenvalue weighted by Gasteiger charge is -2.08. The monoisotopic (exact) mass is 283 g/mol. The first kappa shape index (κ1) is 12.5. The van der Waals surface area contributed by atoms with E-state index in [1.807, 2.05) is 6.07 Å². The molecule has 0 fully saturated rings. The summed E-state index contributed by atoms with van der Waals surface area (Å²) in [6, 6.07) is 5.36. The molecule has 5 heteroatoms. The van der Waals surface area contributed by atoms with Gasteiger partial charge >= 0.3 is 5.97 Å². The van der Waals surface area contributed by atoms with E-state index in [0.717, 1.165) is 0 Å². The van der Waals surface area contributed by atoms with Crippen LogP contribution in [0.4, 0.5) is 0 Å². The number of methoxy groups -OCH3 is 2. The molecule has 84 valence electrons. The van der Waals surface area contributed by atoms with Crippen molar-refractivity contribution in [2.45, 2.75) is 6.42 Å². The number of hydrogen-bond donors (Lipinski definition) is 0. The van der Waals surface area contributed by atoms with Crippen LogP contribution < -0.4 is 4.74 Å². The van der Waals surface area contributed by atoms with E-state index in [2.05, 4.69) is 20.7 Å². The third-order valence-electron chi connectivity index (χ3n) is 2.00. The Morgan fingerprint density at radius 3 is 2.69 bits per heavy atom. The smallest absolute Gasteiger partial charge is 0.309 e. The average Bonchev–Trinajstić information content (AvgIpc) is 2.28. The van der Waals surface area contributed by atoms with E-state index in [1.54, 1.807) is 12.1 Å². The fourth-order valence-corrected chi connectivity index (χ4v) is 1.95. The van der Waals surface area contributed by atoms with Gasteiger partial charge in [-0.2, -0.15) is 5.26 Å². The molecule has 0 radical (unpaired) electrons. The second-order valence-corrected chi connectivity index (χ2v) is 3.88. The molecular formula is C11H10BrNO3. The molecule has 0 unspecified atom stereocenters. The second-order valence-electron chi connectivity index (χ2n) is 3.02. The number of carbonyl (C=O) groups is 1. The van der Waals surface area contributed by atoms with Crippen LogP contribution in [0.1, 0.15) is 11.1 Å². The van der Waals surface area contributed by atoms with Gasteiger partial charge in [0.25, 0.3) is 0 Å². The summed E-state index contributed by atoms with van der Waals surface area (Å²) in [4.78, 5) is 11.1. The molecule has 0 aliphatic rings. The van der Waals surface area contributed by atoms with Crippen LogP contribution in [-0.4, -0.2) is 20.2 Å². The standard InChI is InChI=1S/C11H10BrNO3/c1-15-10(14)5-7-3-8(6-13)11(16-2)9(12)4-7/h3-4H,5H2,1-2H3. The van der Waals surface area contributed by atoms with Gasteiger partial charge in [0.2, 0.25) is 0 Å². The van der Waals surface area contributed by atoms with E-state index in [0.29, 0.717) is 21.3 Å². The number of ether oxygens (including phenoxy) is 2. The molecule has 1 aromatic rings. The van der Waals surface area contributed by atoms with Crippen LogP contribution in [0.2, 0.25) is 0 Å². The molecule has 0 heterocycles. The van der Waals surface area contributed by atoms with Crippen molar-refractivity contribution in [2.24, 2.45) is 0 Å². The maximum atomic E-state index is 11.1. The third kappa shape index (κ3) is 2.74. The largest absolute Gasteiger partial charge is 0.494 e. The Morgan fingerprint density at radius 2 is 2.19 bits per heavy atom. The number of hydrogen-bond acceptors (Lipinski definition) is 4. The minimum Gasteiger partial charge on any atom is -0.494 e. The van der Waals surface area contributed by atoms with Crippen molar-refractivity contribution >= 4 is 21.9 Å². The lowest BCUT2D eigenvalue weighted by atomic mass is 10.1. The highest BCUT2D eigenvalue weighted by Gasteiger charge is 2.11. The highest BCUT2D eigenvalue weighted by atomic mass is 79.9. The number of benzene rings is 1. The SMILES string of the molecule is COC(=O)Cc1cc(Br)c(OC)c(C#N)c1. The molecule has 0 N–H and O–H groups in total. The average molecular weight is 284 g/mol. The Bertz CT molecular complexity index is 451. The number of rotatable bonds is 3. The zero-order valence-electron chi connectivity index (χ0n) is 8.91. The Hall–Kier alpha value is -1.54. The summed E-state index contributed by atoms with van der Waals surface area (Å²) in [5.41, 5.74) is 1.09. The predicted molar refractivity (Wildman–Crippen MR) is 61.1 cm³/mol. The number of nitriles is 1. The summed E-state index contributed by atoms with van der Waals surface area (Å²) in [6.07, 6.45) is 0.133. The summed E-state index contributed by atoms with van der Waals surface area (Å²) >= 11 is 3.28. The molecule has 1 rings (SSSR count). The second kappa shape index (κ2) is 5.52. The maximum Gasteiger partial charge on any atom is 0.309 e. The summed E-state index contributed by atoms with van der Waals surface area (Å²) < 4.78 is 10.3. The van der Waals surface area contributed by atoms with Crippen LogP contribution in [0, 0.1) is 11.3 Å². The summed E-state index contributed by atoms with van der Waals surface area (Å²) in [5, 5.41) is 8.92. The Labute approximate surface area is 102 Å². The first-order valence-electron chi connectivity index (χ1n) is 4.45. The first-order valence-corrected chi connectivity index (χ1v) is 5.25. The van der Waals surface area contributed by atoms with E-state index >= 15 is 0 Å². The van der Waals surface area contributed by atoms with Gasteiger partial charge in [-0.05, 0) is 33.6 Å². The van der Waals surface area contributed by atoms with E-state index in [-0.39, 0.29) is 12.4 Å². The molecule has 0 aromatic heterocycles. The molecule has 0 saturated heterocycles. The number of halogens is 1. The molecule has 0 saturated carbocycles. The van der Waals surface area contributed by atoms with Gasteiger partial charge in [0.05, 0.1) is 30.7 Å². The van der Waals surface area contributed by atoms with E-state index in [1.165, 1.54) is 14.2 Å². The van der Waals surface area contributed by atoms with Gasteiger partial charge in [0.15, 0.2) is 5.75 Å². The zero-order chi connectivity index (χ0) is 12.1. The van der Waals surface area contributed by atoms with Gasteiger partial charge in [-0.25, -0.2) is 0 Å². The Balaban J connectivity index is 3.12. The molecule has 4 nitrogen and oxygen atoms in total. The minimum absolute atomic E-state index is 0.133. The molecule has 16 heavy (non-hydrogen) atoms. The molecule has 0 aliphatic carbocycles. The van der Waals surface area contributed by atoms with Crippen LogP contribution in [0.5, 0.6) is 5.75 Å². The molecule has 0 amide bonds. The molecule has 1 aromatic carbocycles. The molecule has 0 aliphatic heterocycles. The van der Waals surface area contributed by atoms with Crippen molar-refractivity contribution < 1.29 is 14.3 Å². The molecule has 0 spiro atoms. The third-order valence-corrected chi connectivity index (χ3v) is 2.59. The fraction of sp³-hybridized carbons (Fsp3) is 0.273. The first-order chi connectivity index (χ1) is 7.62. The molecule has 0 atom stereocenters. The van der Waals surface area contributed by atoms with Crippen molar-refractivity contribution in [1.29, 1.82) is 5.26 Å². The summed E-state index contributed by atoms with van der Waals surface area (Å²) in [6.45, 7) is 0. The number of nitrogens with zero attached hydrogens (tertiary/aromatic N) is 1. The van der Waals surface area contributed by atoms with Crippen molar-refractivity contribution in [3.8, 4) is 11.8 Å². The fourth-order valence-electron chi connectivity index (χ4n) is 1.28. The van der Waals surface area contributed by atoms with Crippen LogP contribution in [0.25, 0.3) is 0 Å². The van der Waals surface area contributed by atoms with E-state index in [4.69, 9.17) is 10.00 Å². The molecular weight excluding hydrogens is 274 g/mol. The van der Waals surface area contributed by atoms with E-state index < -0.39 is 0 Å². The van der Waals surface area contributed by atoms with Gasteiger partial charge in [0.1, 0.15) is 6.07 Å². The molecule has 0 bridgehead atoms. The van der Waals surface area contributed by atoms with Crippen LogP contribution in [0.3, 0.4) is 0 Å². The highest BCUT2D eigenvalue weighted by Crippen LogP contribution is 2.30. The topological polar surface area (TPSA) is 59.3 Å². The van der Waals surface area contributed by atoms with Gasteiger partial charge < -0.3 is 9.47 Å². The maximum absolute atomic E-state index is 11.1.